The van der Waals surface area contributed by atoms with Gasteiger partial charge in [0.1, 0.15) is 0 Å². The van der Waals surface area contributed by atoms with Crippen LogP contribution in [0, 0.1) is 6.92 Å². The van der Waals surface area contributed by atoms with Crippen molar-refractivity contribution in [3.63, 3.8) is 0 Å². The quantitative estimate of drug-likeness (QED) is 0.889. The lowest BCUT2D eigenvalue weighted by Crippen LogP contribution is -2.49. The van der Waals surface area contributed by atoms with E-state index in [4.69, 9.17) is 0 Å². The fourth-order valence-corrected chi connectivity index (χ4v) is 5.12. The van der Waals surface area contributed by atoms with Crippen molar-refractivity contribution in [1.82, 2.24) is 9.21 Å². The molecule has 1 saturated heterocycles. The van der Waals surface area contributed by atoms with E-state index in [2.05, 4.69) is 4.90 Å². The Morgan fingerprint density at radius 1 is 1.12 bits per heavy atom. The van der Waals surface area contributed by atoms with E-state index < -0.39 is 16.0 Å². The number of piperazine rings is 1. The second kappa shape index (κ2) is 7.19. The van der Waals surface area contributed by atoms with Crippen LogP contribution < -0.4 is 0 Å². The molecule has 138 valence electrons. The Morgan fingerprint density at radius 3 is 2.46 bits per heavy atom. The van der Waals surface area contributed by atoms with Crippen molar-refractivity contribution in [2.24, 2.45) is 0 Å². The number of likely N-dealkylation sites (N-methyl/N-ethyl adjacent to an activating group) is 1. The van der Waals surface area contributed by atoms with E-state index in [1.54, 1.807) is 13.0 Å². The number of sulfonamides is 1. The zero-order valence-corrected chi connectivity index (χ0v) is 15.6. The lowest BCUT2D eigenvalue weighted by Gasteiger charge is -2.39. The van der Waals surface area contributed by atoms with Gasteiger partial charge < -0.3 is 10.0 Å². The van der Waals surface area contributed by atoms with Crippen LogP contribution in [0.25, 0.3) is 0 Å². The van der Waals surface area contributed by atoms with Gasteiger partial charge in [0, 0.05) is 19.6 Å². The molecular weight excluding hydrogens is 352 g/mol. The molecule has 0 radical (unpaired) electrons. The number of aromatic carboxylic acids is 1. The zero-order chi connectivity index (χ0) is 18.9. The molecular formula is C19H22N2O4S. The first kappa shape index (κ1) is 18.6. The number of hydrogen-bond donors (Lipinski definition) is 1. The molecule has 0 aromatic heterocycles. The Hall–Kier alpha value is -2.22. The molecule has 3 rings (SSSR count). The summed E-state index contributed by atoms with van der Waals surface area (Å²) in [6, 6.07) is 13.4. The van der Waals surface area contributed by atoms with Gasteiger partial charge in [0.15, 0.2) is 0 Å². The maximum Gasteiger partial charge on any atom is 0.335 e. The third-order valence-corrected chi connectivity index (χ3v) is 6.79. The normalized spacial score (nSPS) is 19.4. The molecule has 1 aliphatic heterocycles. The van der Waals surface area contributed by atoms with Crippen molar-refractivity contribution < 1.29 is 18.3 Å². The van der Waals surface area contributed by atoms with E-state index in [0.29, 0.717) is 25.2 Å². The maximum absolute atomic E-state index is 13.4. The predicted octanol–water partition coefficient (Wildman–Crippen LogP) is 2.37. The molecule has 1 heterocycles. The Morgan fingerprint density at radius 2 is 1.81 bits per heavy atom. The first-order chi connectivity index (χ1) is 12.3. The van der Waals surface area contributed by atoms with E-state index in [0.717, 1.165) is 5.56 Å². The average molecular weight is 374 g/mol. The summed E-state index contributed by atoms with van der Waals surface area (Å²) < 4.78 is 28.3. The van der Waals surface area contributed by atoms with Crippen molar-refractivity contribution in [2.45, 2.75) is 17.9 Å². The van der Waals surface area contributed by atoms with Gasteiger partial charge in [0.2, 0.25) is 10.0 Å². The van der Waals surface area contributed by atoms with Crippen molar-refractivity contribution in [3.05, 3.63) is 65.2 Å². The molecule has 0 saturated carbocycles. The number of benzene rings is 2. The first-order valence-corrected chi connectivity index (χ1v) is 9.84. The van der Waals surface area contributed by atoms with Crippen LogP contribution >= 0.6 is 0 Å². The second-order valence-corrected chi connectivity index (χ2v) is 8.45. The predicted molar refractivity (Wildman–Crippen MR) is 98.7 cm³/mol. The van der Waals surface area contributed by atoms with Crippen LogP contribution in [0.1, 0.15) is 27.5 Å². The van der Waals surface area contributed by atoms with Crippen molar-refractivity contribution in [2.75, 3.05) is 26.7 Å². The Kier molecular flexibility index (Phi) is 5.13. The molecule has 1 N–H and O–H groups in total. The molecule has 0 aliphatic carbocycles. The summed E-state index contributed by atoms with van der Waals surface area (Å²) in [5, 5.41) is 9.23. The van der Waals surface area contributed by atoms with Gasteiger partial charge in [-0.3, -0.25) is 0 Å². The van der Waals surface area contributed by atoms with Gasteiger partial charge in [0.25, 0.3) is 0 Å². The van der Waals surface area contributed by atoms with Crippen LogP contribution in [0.15, 0.2) is 53.4 Å². The van der Waals surface area contributed by atoms with E-state index in [1.807, 2.05) is 37.4 Å². The molecule has 0 amide bonds. The summed E-state index contributed by atoms with van der Waals surface area (Å²) in [4.78, 5) is 13.4. The largest absolute Gasteiger partial charge is 0.478 e. The number of aryl methyl sites for hydroxylation is 1. The number of carboxylic acids is 1. The highest BCUT2D eigenvalue weighted by Gasteiger charge is 2.37. The van der Waals surface area contributed by atoms with E-state index in [-0.39, 0.29) is 16.5 Å². The highest BCUT2D eigenvalue weighted by atomic mass is 32.2. The standard InChI is InChI=1S/C19H22N2O4S/c1-14-8-9-16(19(22)23)12-18(14)26(24,25)21-11-10-20(2)13-17(21)15-6-4-3-5-7-15/h3-9,12,17H,10-11,13H2,1-2H3,(H,22,23). The van der Waals surface area contributed by atoms with Crippen LogP contribution in [0.3, 0.4) is 0 Å². The highest BCUT2D eigenvalue weighted by molar-refractivity contribution is 7.89. The lowest BCUT2D eigenvalue weighted by atomic mass is 10.1. The van der Waals surface area contributed by atoms with Gasteiger partial charge in [-0.15, -0.1) is 0 Å². The number of carbonyl (C=O) groups is 1. The number of rotatable bonds is 4. The molecule has 2 aromatic rings. The minimum absolute atomic E-state index is 0.0282. The summed E-state index contributed by atoms with van der Waals surface area (Å²) in [7, 11) is -1.86. The summed E-state index contributed by atoms with van der Waals surface area (Å²) in [6.45, 7) is 3.25. The topological polar surface area (TPSA) is 77.9 Å². The van der Waals surface area contributed by atoms with Crippen molar-refractivity contribution in [3.8, 4) is 0 Å². The van der Waals surface area contributed by atoms with Gasteiger partial charge in [-0.25, -0.2) is 13.2 Å². The molecule has 6 nitrogen and oxygen atoms in total. The summed E-state index contributed by atoms with van der Waals surface area (Å²) >= 11 is 0. The fraction of sp³-hybridized carbons (Fsp3) is 0.316. The molecule has 0 spiro atoms. The van der Waals surface area contributed by atoms with Gasteiger partial charge in [-0.1, -0.05) is 36.4 Å². The van der Waals surface area contributed by atoms with E-state index >= 15 is 0 Å². The first-order valence-electron chi connectivity index (χ1n) is 8.40. The lowest BCUT2D eigenvalue weighted by molar-refractivity contribution is 0.0696. The number of nitrogens with zero attached hydrogens (tertiary/aromatic N) is 2. The highest BCUT2D eigenvalue weighted by Crippen LogP contribution is 2.32. The van der Waals surface area contributed by atoms with Crippen molar-refractivity contribution in [1.29, 1.82) is 0 Å². The monoisotopic (exact) mass is 374 g/mol. The van der Waals surface area contributed by atoms with Gasteiger partial charge in [0.05, 0.1) is 16.5 Å². The smallest absolute Gasteiger partial charge is 0.335 e. The zero-order valence-electron chi connectivity index (χ0n) is 14.8. The van der Waals surface area contributed by atoms with E-state index in [1.165, 1.54) is 16.4 Å². The van der Waals surface area contributed by atoms with Crippen LogP contribution in [-0.4, -0.2) is 55.4 Å². The minimum atomic E-state index is -3.83. The second-order valence-electron chi connectivity index (χ2n) is 6.59. The maximum atomic E-state index is 13.4. The molecule has 1 atom stereocenters. The van der Waals surface area contributed by atoms with Crippen LogP contribution in [0.5, 0.6) is 0 Å². The Bertz CT molecular complexity index is 912. The molecule has 7 heteroatoms. The fourth-order valence-electron chi connectivity index (χ4n) is 3.27. The molecule has 2 aromatic carbocycles. The van der Waals surface area contributed by atoms with Crippen LogP contribution in [-0.2, 0) is 10.0 Å². The average Bonchev–Trinajstić information content (AvgIpc) is 2.62. The van der Waals surface area contributed by atoms with Crippen molar-refractivity contribution >= 4 is 16.0 Å². The van der Waals surface area contributed by atoms with Crippen LogP contribution in [0.2, 0.25) is 0 Å². The van der Waals surface area contributed by atoms with Gasteiger partial charge in [-0.2, -0.15) is 4.31 Å². The summed E-state index contributed by atoms with van der Waals surface area (Å²) in [5.41, 5.74) is 1.44. The molecule has 0 bridgehead atoms. The molecule has 1 fully saturated rings. The molecule has 1 unspecified atom stereocenters. The van der Waals surface area contributed by atoms with E-state index in [9.17, 15) is 18.3 Å². The Labute approximate surface area is 153 Å². The third-order valence-electron chi connectivity index (χ3n) is 4.74. The summed E-state index contributed by atoms with van der Waals surface area (Å²) in [5.74, 6) is -1.14. The molecule has 26 heavy (non-hydrogen) atoms. The summed E-state index contributed by atoms with van der Waals surface area (Å²) in [6.07, 6.45) is 0. The molecule has 1 aliphatic rings. The van der Waals surface area contributed by atoms with Gasteiger partial charge in [-0.05, 0) is 37.2 Å². The third kappa shape index (κ3) is 3.51. The Balaban J connectivity index is 2.07. The van der Waals surface area contributed by atoms with Crippen LogP contribution in [0.4, 0.5) is 0 Å². The number of carboxylic acid groups (broad SMARTS) is 1. The number of hydrogen-bond acceptors (Lipinski definition) is 4. The minimum Gasteiger partial charge on any atom is -0.478 e. The van der Waals surface area contributed by atoms with Gasteiger partial charge >= 0.3 is 5.97 Å². The SMILES string of the molecule is Cc1ccc(C(=O)O)cc1S(=O)(=O)N1CCN(C)CC1c1ccccc1.